The molecule has 0 radical (unpaired) electrons. The first kappa shape index (κ1) is 14.0. The summed E-state index contributed by atoms with van der Waals surface area (Å²) >= 11 is 6.09. The van der Waals surface area contributed by atoms with Crippen LogP contribution >= 0.6 is 11.6 Å². The van der Waals surface area contributed by atoms with Crippen LogP contribution in [0.15, 0.2) is 48.7 Å². The van der Waals surface area contributed by atoms with Crippen LogP contribution in [0.4, 0.5) is 4.39 Å². The normalized spacial score (nSPS) is 11.0. The van der Waals surface area contributed by atoms with E-state index in [0.29, 0.717) is 23.7 Å². The van der Waals surface area contributed by atoms with Crippen molar-refractivity contribution in [1.29, 1.82) is 0 Å². The molecule has 0 fully saturated rings. The third-order valence-electron chi connectivity index (χ3n) is 3.44. The molecule has 0 unspecified atom stereocenters. The molecule has 0 saturated heterocycles. The maximum absolute atomic E-state index is 13.9. The molecule has 1 aromatic heterocycles. The summed E-state index contributed by atoms with van der Waals surface area (Å²) in [6.07, 6.45) is 1.93. The van der Waals surface area contributed by atoms with Crippen LogP contribution in [0.25, 0.3) is 10.9 Å². The Morgan fingerprint density at radius 2 is 2.05 bits per heavy atom. The Kier molecular flexibility index (Phi) is 3.84. The van der Waals surface area contributed by atoms with Crippen LogP contribution in [0.5, 0.6) is 5.75 Å². The van der Waals surface area contributed by atoms with E-state index in [0.717, 1.165) is 16.7 Å². The highest BCUT2D eigenvalue weighted by molar-refractivity contribution is 6.31. The molecule has 4 heteroatoms. The van der Waals surface area contributed by atoms with Gasteiger partial charge in [-0.15, -0.1) is 0 Å². The SMILES string of the molecule is CCOc1ccc2c(ccn2Cc2c(F)cccc2Cl)c1. The molecule has 0 bridgehead atoms. The van der Waals surface area contributed by atoms with Gasteiger partial charge in [-0.3, -0.25) is 0 Å². The van der Waals surface area contributed by atoms with Gasteiger partial charge in [0.2, 0.25) is 0 Å². The standard InChI is InChI=1S/C17H15ClFNO/c1-2-21-13-6-7-17-12(10-13)8-9-20(17)11-14-15(18)4-3-5-16(14)19/h3-10H,2,11H2,1H3. The highest BCUT2D eigenvalue weighted by atomic mass is 35.5. The number of nitrogens with zero attached hydrogens (tertiary/aromatic N) is 1. The Labute approximate surface area is 127 Å². The van der Waals surface area contributed by atoms with E-state index in [1.165, 1.54) is 6.07 Å². The van der Waals surface area contributed by atoms with Crippen LogP contribution in [0.1, 0.15) is 12.5 Å². The lowest BCUT2D eigenvalue weighted by Crippen LogP contribution is -2.01. The number of halogens is 2. The van der Waals surface area contributed by atoms with Crippen LogP contribution in [0.3, 0.4) is 0 Å². The van der Waals surface area contributed by atoms with Crippen LogP contribution in [-0.4, -0.2) is 11.2 Å². The number of benzene rings is 2. The van der Waals surface area contributed by atoms with Crippen LogP contribution in [0, 0.1) is 5.82 Å². The molecular formula is C17H15ClFNO. The molecule has 21 heavy (non-hydrogen) atoms. The molecule has 0 aliphatic rings. The second-order valence-corrected chi connectivity index (χ2v) is 5.20. The molecule has 0 aliphatic carbocycles. The van der Waals surface area contributed by atoms with E-state index in [9.17, 15) is 4.39 Å². The molecule has 108 valence electrons. The van der Waals surface area contributed by atoms with Gasteiger partial charge in [-0.1, -0.05) is 17.7 Å². The lowest BCUT2D eigenvalue weighted by Gasteiger charge is -2.09. The molecule has 2 aromatic carbocycles. The van der Waals surface area contributed by atoms with Crippen molar-refractivity contribution in [3.63, 3.8) is 0 Å². The van der Waals surface area contributed by atoms with E-state index in [1.54, 1.807) is 12.1 Å². The molecule has 2 nitrogen and oxygen atoms in total. The van der Waals surface area contributed by atoms with Gasteiger partial charge in [0.1, 0.15) is 11.6 Å². The number of rotatable bonds is 4. The number of hydrogen-bond donors (Lipinski definition) is 0. The second kappa shape index (κ2) is 5.78. The largest absolute Gasteiger partial charge is 0.494 e. The Balaban J connectivity index is 1.98. The lowest BCUT2D eigenvalue weighted by molar-refractivity contribution is 0.340. The Hall–Kier alpha value is -2.00. The fourth-order valence-corrected chi connectivity index (χ4v) is 2.65. The minimum atomic E-state index is -0.282. The number of ether oxygens (including phenoxy) is 1. The van der Waals surface area contributed by atoms with Crippen molar-refractivity contribution in [1.82, 2.24) is 4.57 Å². The van der Waals surface area contributed by atoms with Gasteiger partial charge in [-0.05, 0) is 43.3 Å². The van der Waals surface area contributed by atoms with Crippen molar-refractivity contribution in [2.75, 3.05) is 6.61 Å². The zero-order chi connectivity index (χ0) is 14.8. The number of fused-ring (bicyclic) bond motifs is 1. The smallest absolute Gasteiger partial charge is 0.129 e. The van der Waals surface area contributed by atoms with Gasteiger partial charge in [0.15, 0.2) is 0 Å². The third-order valence-corrected chi connectivity index (χ3v) is 3.80. The summed E-state index contributed by atoms with van der Waals surface area (Å²) in [5, 5.41) is 1.51. The molecule has 1 heterocycles. The van der Waals surface area contributed by atoms with E-state index < -0.39 is 0 Å². The molecule has 0 atom stereocenters. The van der Waals surface area contributed by atoms with Crippen molar-refractivity contribution < 1.29 is 9.13 Å². The van der Waals surface area contributed by atoms with Crippen LogP contribution in [0.2, 0.25) is 5.02 Å². The average molecular weight is 304 g/mol. The first-order valence-corrected chi connectivity index (χ1v) is 7.21. The van der Waals surface area contributed by atoms with Gasteiger partial charge in [-0.2, -0.15) is 0 Å². The van der Waals surface area contributed by atoms with Crippen LogP contribution < -0.4 is 4.74 Å². The van der Waals surface area contributed by atoms with E-state index in [1.807, 2.05) is 42.0 Å². The van der Waals surface area contributed by atoms with E-state index in [4.69, 9.17) is 16.3 Å². The lowest BCUT2D eigenvalue weighted by atomic mass is 10.2. The van der Waals surface area contributed by atoms with Gasteiger partial charge >= 0.3 is 0 Å². The second-order valence-electron chi connectivity index (χ2n) is 4.80. The van der Waals surface area contributed by atoms with Gasteiger partial charge in [-0.25, -0.2) is 4.39 Å². The molecular weight excluding hydrogens is 289 g/mol. The third kappa shape index (κ3) is 2.74. The summed E-state index contributed by atoms with van der Waals surface area (Å²) in [7, 11) is 0. The van der Waals surface area contributed by atoms with Gasteiger partial charge in [0.05, 0.1) is 13.2 Å². The Morgan fingerprint density at radius 3 is 2.81 bits per heavy atom. The van der Waals surface area contributed by atoms with Gasteiger partial charge < -0.3 is 9.30 Å². The maximum Gasteiger partial charge on any atom is 0.129 e. The van der Waals surface area contributed by atoms with Crippen molar-refractivity contribution in [2.24, 2.45) is 0 Å². The predicted octanol–water partition coefficient (Wildman–Crippen LogP) is 4.88. The average Bonchev–Trinajstić information content (AvgIpc) is 2.86. The van der Waals surface area contributed by atoms with E-state index >= 15 is 0 Å². The molecule has 0 aliphatic heterocycles. The molecule has 0 amide bonds. The van der Waals surface area contributed by atoms with E-state index in [-0.39, 0.29) is 5.82 Å². The van der Waals surface area contributed by atoms with Crippen molar-refractivity contribution in [2.45, 2.75) is 13.5 Å². The molecule has 3 rings (SSSR count). The minimum Gasteiger partial charge on any atom is -0.494 e. The zero-order valence-corrected chi connectivity index (χ0v) is 12.4. The van der Waals surface area contributed by atoms with Crippen LogP contribution in [-0.2, 0) is 6.54 Å². The fourth-order valence-electron chi connectivity index (χ4n) is 2.43. The minimum absolute atomic E-state index is 0.282. The molecule has 0 N–H and O–H groups in total. The highest BCUT2D eigenvalue weighted by Crippen LogP contribution is 2.25. The monoisotopic (exact) mass is 303 g/mol. The maximum atomic E-state index is 13.9. The molecule has 0 saturated carbocycles. The number of hydrogen-bond acceptors (Lipinski definition) is 1. The van der Waals surface area contributed by atoms with Gasteiger partial charge in [0.25, 0.3) is 0 Å². The van der Waals surface area contributed by atoms with Crippen molar-refractivity contribution in [3.05, 3.63) is 65.1 Å². The van der Waals surface area contributed by atoms with Crippen molar-refractivity contribution >= 4 is 22.5 Å². The van der Waals surface area contributed by atoms with E-state index in [2.05, 4.69) is 0 Å². The summed E-state index contributed by atoms with van der Waals surface area (Å²) in [6.45, 7) is 3.00. The first-order valence-electron chi connectivity index (χ1n) is 6.83. The first-order chi connectivity index (χ1) is 10.2. The predicted molar refractivity (Wildman–Crippen MR) is 83.6 cm³/mol. The Morgan fingerprint density at radius 1 is 1.19 bits per heavy atom. The highest BCUT2D eigenvalue weighted by Gasteiger charge is 2.09. The van der Waals surface area contributed by atoms with Gasteiger partial charge in [0, 0.05) is 27.7 Å². The zero-order valence-electron chi connectivity index (χ0n) is 11.6. The fraction of sp³-hybridized carbons (Fsp3) is 0.176. The quantitative estimate of drug-likeness (QED) is 0.670. The number of aromatic nitrogens is 1. The van der Waals surface area contributed by atoms with Crippen molar-refractivity contribution in [3.8, 4) is 5.75 Å². The summed E-state index contributed by atoms with van der Waals surface area (Å²) in [5.41, 5.74) is 1.53. The summed E-state index contributed by atoms with van der Waals surface area (Å²) in [6, 6.07) is 12.6. The molecule has 0 spiro atoms. The summed E-state index contributed by atoms with van der Waals surface area (Å²) in [4.78, 5) is 0. The molecule has 3 aromatic rings. The Bertz CT molecular complexity index is 761. The summed E-state index contributed by atoms with van der Waals surface area (Å²) < 4.78 is 21.4. The summed E-state index contributed by atoms with van der Waals surface area (Å²) in [5.74, 6) is 0.557. The topological polar surface area (TPSA) is 14.2 Å².